The highest BCUT2D eigenvalue weighted by atomic mass is 19.1. The minimum atomic E-state index is -0.560. The molecule has 1 aromatic rings. The van der Waals surface area contributed by atoms with Crippen molar-refractivity contribution in [1.82, 2.24) is 4.90 Å². The Morgan fingerprint density at radius 3 is 2.61 bits per heavy atom. The van der Waals surface area contributed by atoms with Gasteiger partial charge >= 0.3 is 0 Å². The van der Waals surface area contributed by atoms with Gasteiger partial charge in [0.25, 0.3) is 5.91 Å². The highest BCUT2D eigenvalue weighted by Crippen LogP contribution is 2.37. The van der Waals surface area contributed by atoms with Crippen molar-refractivity contribution in [2.75, 3.05) is 13.1 Å². The van der Waals surface area contributed by atoms with Crippen LogP contribution in [0.15, 0.2) is 18.2 Å². The fourth-order valence-electron chi connectivity index (χ4n) is 3.22. The summed E-state index contributed by atoms with van der Waals surface area (Å²) < 4.78 is 13.6. The van der Waals surface area contributed by atoms with E-state index in [0.717, 1.165) is 19.2 Å². The molecule has 1 aliphatic carbocycles. The van der Waals surface area contributed by atoms with Gasteiger partial charge in [-0.1, -0.05) is 0 Å². The van der Waals surface area contributed by atoms with E-state index in [1.165, 1.54) is 31.4 Å². The van der Waals surface area contributed by atoms with Gasteiger partial charge in [-0.25, -0.2) is 4.39 Å². The molecule has 2 aliphatic rings. The quantitative estimate of drug-likeness (QED) is 0.830. The van der Waals surface area contributed by atoms with Gasteiger partial charge in [-0.2, -0.15) is 0 Å². The first-order valence-corrected chi connectivity index (χ1v) is 6.41. The Balaban J connectivity index is 1.84. The number of halogens is 1. The standard InChI is InChI=1S/C14H16FNO2/c15-13-4-3-11(17)6-12(13)14(18)16-7-9-1-2-10(5-9)8-16/h3-4,6,9-10,17H,1-2,5,7-8H2/t9-,10+. The topological polar surface area (TPSA) is 40.5 Å². The molecule has 3 rings (SSSR count). The van der Waals surface area contributed by atoms with Crippen LogP contribution in [0.25, 0.3) is 0 Å². The van der Waals surface area contributed by atoms with E-state index in [1.54, 1.807) is 4.90 Å². The zero-order valence-electron chi connectivity index (χ0n) is 10.1. The summed E-state index contributed by atoms with van der Waals surface area (Å²) in [5.41, 5.74) is -0.0173. The Hall–Kier alpha value is -1.58. The number of phenols is 1. The van der Waals surface area contributed by atoms with Gasteiger partial charge in [0.2, 0.25) is 0 Å². The van der Waals surface area contributed by atoms with Gasteiger partial charge in [-0.15, -0.1) is 0 Å². The van der Waals surface area contributed by atoms with Crippen molar-refractivity contribution in [3.8, 4) is 5.75 Å². The Kier molecular flexibility index (Phi) is 2.73. The summed E-state index contributed by atoms with van der Waals surface area (Å²) in [5, 5.41) is 9.36. The lowest BCUT2D eigenvalue weighted by atomic mass is 9.98. The molecule has 2 fully saturated rings. The van der Waals surface area contributed by atoms with Crippen molar-refractivity contribution in [3.63, 3.8) is 0 Å². The minimum absolute atomic E-state index is 0.0173. The summed E-state index contributed by atoms with van der Waals surface area (Å²) in [4.78, 5) is 14.0. The molecule has 0 radical (unpaired) electrons. The van der Waals surface area contributed by atoms with Crippen LogP contribution in [0.4, 0.5) is 4.39 Å². The lowest BCUT2D eigenvalue weighted by molar-refractivity contribution is 0.0657. The second-order valence-corrected chi connectivity index (χ2v) is 5.42. The normalized spacial score (nSPS) is 26.4. The Labute approximate surface area is 105 Å². The molecule has 1 heterocycles. The summed E-state index contributed by atoms with van der Waals surface area (Å²) in [6, 6.07) is 3.61. The fraction of sp³-hybridized carbons (Fsp3) is 0.500. The molecule has 4 heteroatoms. The average Bonchev–Trinajstić information content (AvgIpc) is 2.70. The molecule has 1 saturated carbocycles. The number of piperidine rings is 1. The Bertz CT molecular complexity index is 477. The largest absolute Gasteiger partial charge is 0.508 e. The molecule has 1 amide bonds. The number of aromatic hydroxyl groups is 1. The Morgan fingerprint density at radius 1 is 1.28 bits per heavy atom. The molecule has 18 heavy (non-hydrogen) atoms. The first-order valence-electron chi connectivity index (χ1n) is 6.41. The predicted octanol–water partition coefficient (Wildman–Crippen LogP) is 2.40. The van der Waals surface area contributed by atoms with E-state index in [-0.39, 0.29) is 17.2 Å². The summed E-state index contributed by atoms with van der Waals surface area (Å²) in [5.74, 6) is 0.233. The molecular weight excluding hydrogens is 233 g/mol. The molecule has 1 aliphatic heterocycles. The van der Waals surface area contributed by atoms with Crippen LogP contribution < -0.4 is 0 Å². The van der Waals surface area contributed by atoms with Gasteiger partial charge in [0, 0.05) is 13.1 Å². The van der Waals surface area contributed by atoms with Gasteiger partial charge < -0.3 is 10.0 Å². The second kappa shape index (κ2) is 4.26. The fourth-order valence-corrected chi connectivity index (χ4v) is 3.22. The van der Waals surface area contributed by atoms with E-state index >= 15 is 0 Å². The number of amides is 1. The number of hydrogen-bond donors (Lipinski definition) is 1. The van der Waals surface area contributed by atoms with Gasteiger partial charge in [0.15, 0.2) is 0 Å². The zero-order chi connectivity index (χ0) is 12.7. The third kappa shape index (κ3) is 1.96. The van der Waals surface area contributed by atoms with Crippen molar-refractivity contribution in [1.29, 1.82) is 0 Å². The molecule has 1 aromatic carbocycles. The number of rotatable bonds is 1. The lowest BCUT2D eigenvalue weighted by Crippen LogP contribution is -2.41. The molecule has 1 saturated heterocycles. The van der Waals surface area contributed by atoms with Crippen LogP contribution in [0.2, 0.25) is 0 Å². The lowest BCUT2D eigenvalue weighted by Gasteiger charge is -2.32. The summed E-state index contributed by atoms with van der Waals surface area (Å²) in [6.07, 6.45) is 3.56. The van der Waals surface area contributed by atoms with Crippen LogP contribution in [0.5, 0.6) is 5.75 Å². The van der Waals surface area contributed by atoms with E-state index in [0.29, 0.717) is 11.8 Å². The molecular formula is C14H16FNO2. The number of nitrogens with zero attached hydrogens (tertiary/aromatic N) is 1. The van der Waals surface area contributed by atoms with E-state index in [4.69, 9.17) is 0 Å². The maximum atomic E-state index is 13.6. The Morgan fingerprint density at radius 2 is 1.94 bits per heavy atom. The number of hydrogen-bond acceptors (Lipinski definition) is 2. The second-order valence-electron chi connectivity index (χ2n) is 5.42. The van der Waals surface area contributed by atoms with Crippen molar-refractivity contribution in [3.05, 3.63) is 29.6 Å². The van der Waals surface area contributed by atoms with Gasteiger partial charge in [0.1, 0.15) is 11.6 Å². The number of carbonyl (C=O) groups is 1. The number of fused-ring (bicyclic) bond motifs is 2. The zero-order valence-corrected chi connectivity index (χ0v) is 10.1. The van der Waals surface area contributed by atoms with Crippen LogP contribution in [0.1, 0.15) is 29.6 Å². The average molecular weight is 249 g/mol. The first kappa shape index (κ1) is 11.5. The molecule has 1 N–H and O–H groups in total. The van der Waals surface area contributed by atoms with E-state index < -0.39 is 5.82 Å². The summed E-state index contributed by atoms with van der Waals surface area (Å²) in [6.45, 7) is 1.45. The number of phenolic OH excluding ortho intramolecular Hbond substituents is 1. The predicted molar refractivity (Wildman–Crippen MR) is 64.8 cm³/mol. The van der Waals surface area contributed by atoms with Gasteiger partial charge in [0.05, 0.1) is 5.56 Å². The van der Waals surface area contributed by atoms with Crippen LogP contribution in [0.3, 0.4) is 0 Å². The monoisotopic (exact) mass is 249 g/mol. The molecule has 0 unspecified atom stereocenters. The molecule has 3 nitrogen and oxygen atoms in total. The number of likely N-dealkylation sites (tertiary alicyclic amines) is 1. The number of benzene rings is 1. The minimum Gasteiger partial charge on any atom is -0.508 e. The highest BCUT2D eigenvalue weighted by Gasteiger charge is 2.35. The van der Waals surface area contributed by atoms with Crippen molar-refractivity contribution >= 4 is 5.91 Å². The highest BCUT2D eigenvalue weighted by molar-refractivity contribution is 5.95. The van der Waals surface area contributed by atoms with Crippen LogP contribution in [-0.2, 0) is 0 Å². The van der Waals surface area contributed by atoms with Crippen molar-refractivity contribution < 1.29 is 14.3 Å². The molecule has 96 valence electrons. The third-order valence-electron chi connectivity index (χ3n) is 4.07. The molecule has 0 aromatic heterocycles. The maximum Gasteiger partial charge on any atom is 0.256 e. The van der Waals surface area contributed by atoms with Crippen LogP contribution >= 0.6 is 0 Å². The van der Waals surface area contributed by atoms with Crippen LogP contribution in [0, 0.1) is 17.7 Å². The number of carbonyl (C=O) groups excluding carboxylic acids is 1. The summed E-state index contributed by atoms with van der Waals surface area (Å²) in [7, 11) is 0. The van der Waals surface area contributed by atoms with E-state index in [1.807, 2.05) is 0 Å². The smallest absolute Gasteiger partial charge is 0.256 e. The molecule has 2 bridgehead atoms. The van der Waals surface area contributed by atoms with E-state index in [2.05, 4.69) is 0 Å². The first-order chi connectivity index (χ1) is 8.63. The summed E-state index contributed by atoms with van der Waals surface area (Å²) >= 11 is 0. The molecule has 2 atom stereocenters. The van der Waals surface area contributed by atoms with Crippen LogP contribution in [-0.4, -0.2) is 29.0 Å². The molecule has 0 spiro atoms. The van der Waals surface area contributed by atoms with Crippen molar-refractivity contribution in [2.45, 2.75) is 19.3 Å². The van der Waals surface area contributed by atoms with E-state index in [9.17, 15) is 14.3 Å². The van der Waals surface area contributed by atoms with Crippen molar-refractivity contribution in [2.24, 2.45) is 11.8 Å². The third-order valence-corrected chi connectivity index (χ3v) is 4.07. The SMILES string of the molecule is O=C(c1cc(O)ccc1F)N1C[C@@H]2CC[C@@H](C2)C1. The van der Waals surface area contributed by atoms with Gasteiger partial charge in [-0.3, -0.25) is 4.79 Å². The maximum absolute atomic E-state index is 13.6. The van der Waals surface area contributed by atoms with Gasteiger partial charge in [-0.05, 0) is 49.3 Å².